The van der Waals surface area contributed by atoms with E-state index in [-0.39, 0.29) is 17.5 Å². The maximum atomic E-state index is 12.9. The van der Waals surface area contributed by atoms with Gasteiger partial charge in [-0.05, 0) is 48.0 Å². The third-order valence-corrected chi connectivity index (χ3v) is 7.53. The number of ether oxygens (including phenoxy) is 1. The molecule has 9 heteroatoms. The molecule has 0 spiro atoms. The van der Waals surface area contributed by atoms with Crippen LogP contribution in [0.25, 0.3) is 0 Å². The standard InChI is InChI=1S/C24H27ClN4O3S/c1-32-24-7-3-2-6-22(24)28-13-15-29(16-14-28)23(19-5-4-12-26-17-19)18-27-33(30,31)21-10-8-20(25)9-11-21/h2-12,17,23,27H,13-16,18H2,1H3/t23-/m0/s1. The Morgan fingerprint density at radius 2 is 1.76 bits per heavy atom. The number of hydrogen-bond donors (Lipinski definition) is 1. The van der Waals surface area contributed by atoms with Crippen molar-refractivity contribution in [3.05, 3.63) is 83.6 Å². The van der Waals surface area contributed by atoms with Crippen molar-refractivity contribution in [1.82, 2.24) is 14.6 Å². The van der Waals surface area contributed by atoms with E-state index in [0.717, 1.165) is 43.2 Å². The molecule has 0 saturated carbocycles. The lowest BCUT2D eigenvalue weighted by atomic mass is 10.1. The van der Waals surface area contributed by atoms with Crippen LogP contribution < -0.4 is 14.4 Å². The molecule has 2 heterocycles. The summed E-state index contributed by atoms with van der Waals surface area (Å²) >= 11 is 5.91. The minimum absolute atomic E-state index is 0.138. The van der Waals surface area contributed by atoms with Gasteiger partial charge in [-0.1, -0.05) is 29.8 Å². The van der Waals surface area contributed by atoms with E-state index in [9.17, 15) is 8.42 Å². The van der Waals surface area contributed by atoms with Crippen LogP contribution in [-0.4, -0.2) is 58.1 Å². The van der Waals surface area contributed by atoms with Crippen LogP contribution in [0.15, 0.2) is 78.0 Å². The zero-order valence-electron chi connectivity index (χ0n) is 18.4. The van der Waals surface area contributed by atoms with E-state index in [1.54, 1.807) is 31.6 Å². The number of anilines is 1. The van der Waals surface area contributed by atoms with Crippen molar-refractivity contribution >= 4 is 27.3 Å². The summed E-state index contributed by atoms with van der Waals surface area (Å²) in [6.07, 6.45) is 3.52. The Labute approximate surface area is 200 Å². The van der Waals surface area contributed by atoms with Gasteiger partial charge in [0.15, 0.2) is 0 Å². The van der Waals surface area contributed by atoms with Crippen LogP contribution in [-0.2, 0) is 10.0 Å². The number of benzene rings is 2. The number of pyridine rings is 1. The molecule has 33 heavy (non-hydrogen) atoms. The Morgan fingerprint density at radius 1 is 1.03 bits per heavy atom. The van der Waals surface area contributed by atoms with Gasteiger partial charge in [0.1, 0.15) is 5.75 Å². The lowest BCUT2D eigenvalue weighted by molar-refractivity contribution is 0.186. The summed E-state index contributed by atoms with van der Waals surface area (Å²) in [5.74, 6) is 0.852. The SMILES string of the molecule is COc1ccccc1N1CCN([C@@H](CNS(=O)(=O)c2ccc(Cl)cc2)c2cccnc2)CC1. The smallest absolute Gasteiger partial charge is 0.240 e. The summed E-state index contributed by atoms with van der Waals surface area (Å²) in [5.41, 5.74) is 2.04. The fourth-order valence-corrected chi connectivity index (χ4v) is 5.25. The molecule has 7 nitrogen and oxygen atoms in total. The molecule has 2 aromatic carbocycles. The van der Waals surface area contributed by atoms with E-state index >= 15 is 0 Å². The number of aromatic nitrogens is 1. The van der Waals surface area contributed by atoms with Gasteiger partial charge in [0.25, 0.3) is 0 Å². The molecule has 1 aliphatic heterocycles. The number of nitrogens with zero attached hydrogens (tertiary/aromatic N) is 3. The highest BCUT2D eigenvalue weighted by Gasteiger charge is 2.28. The van der Waals surface area contributed by atoms with Crippen LogP contribution in [0, 0.1) is 0 Å². The Balaban J connectivity index is 1.48. The Hall–Kier alpha value is -2.65. The van der Waals surface area contributed by atoms with Gasteiger partial charge in [-0.15, -0.1) is 0 Å². The molecular weight excluding hydrogens is 460 g/mol. The summed E-state index contributed by atoms with van der Waals surface area (Å²) < 4.78 is 34.0. The fourth-order valence-electron chi connectivity index (χ4n) is 4.08. The monoisotopic (exact) mass is 486 g/mol. The highest BCUT2D eigenvalue weighted by atomic mass is 35.5. The van der Waals surface area contributed by atoms with Gasteiger partial charge in [-0.2, -0.15) is 0 Å². The summed E-state index contributed by atoms with van der Waals surface area (Å²) in [5, 5.41) is 0.495. The first-order valence-corrected chi connectivity index (χ1v) is 12.6. The van der Waals surface area contributed by atoms with E-state index in [2.05, 4.69) is 25.6 Å². The Morgan fingerprint density at radius 3 is 2.42 bits per heavy atom. The first-order valence-electron chi connectivity index (χ1n) is 10.7. The normalized spacial score (nSPS) is 15.9. The molecule has 1 aromatic heterocycles. The summed E-state index contributed by atoms with van der Waals surface area (Å²) in [4.78, 5) is 9.04. The van der Waals surface area contributed by atoms with Crippen LogP contribution in [0.5, 0.6) is 5.75 Å². The molecule has 0 amide bonds. The van der Waals surface area contributed by atoms with E-state index in [0.29, 0.717) is 5.02 Å². The Kier molecular flexibility index (Phi) is 7.49. The second-order valence-corrected chi connectivity index (χ2v) is 10.0. The van der Waals surface area contributed by atoms with Crippen LogP contribution in [0.2, 0.25) is 5.02 Å². The minimum atomic E-state index is -3.66. The molecule has 0 radical (unpaired) electrons. The van der Waals surface area contributed by atoms with Crippen LogP contribution in [0.4, 0.5) is 5.69 Å². The molecule has 1 atom stereocenters. The van der Waals surface area contributed by atoms with Crippen LogP contribution in [0.3, 0.4) is 0 Å². The molecule has 4 rings (SSSR count). The van der Waals surface area contributed by atoms with Gasteiger partial charge >= 0.3 is 0 Å². The molecule has 1 saturated heterocycles. The van der Waals surface area contributed by atoms with Crippen molar-refractivity contribution in [3.8, 4) is 5.75 Å². The lowest BCUT2D eigenvalue weighted by Crippen LogP contribution is -2.50. The number of halogens is 1. The summed E-state index contributed by atoms with van der Waals surface area (Å²) in [6.45, 7) is 3.41. The first kappa shape index (κ1) is 23.5. The second kappa shape index (κ2) is 10.5. The third kappa shape index (κ3) is 5.65. The zero-order valence-corrected chi connectivity index (χ0v) is 20.0. The predicted octanol–water partition coefficient (Wildman–Crippen LogP) is 3.59. The van der Waals surface area contributed by atoms with E-state index in [1.165, 1.54) is 12.1 Å². The minimum Gasteiger partial charge on any atom is -0.495 e. The summed E-state index contributed by atoms with van der Waals surface area (Å²) in [7, 11) is -1.98. The molecule has 3 aromatic rings. The van der Waals surface area contributed by atoms with Gasteiger partial charge in [0.05, 0.1) is 23.7 Å². The number of methoxy groups -OCH3 is 1. The molecule has 174 valence electrons. The van der Waals surface area contributed by atoms with Gasteiger partial charge < -0.3 is 9.64 Å². The average Bonchev–Trinajstić information content (AvgIpc) is 2.85. The van der Waals surface area contributed by atoms with Crippen molar-refractivity contribution in [1.29, 1.82) is 0 Å². The number of para-hydroxylation sites is 2. The molecule has 0 unspecified atom stereocenters. The van der Waals surface area contributed by atoms with Crippen LogP contribution >= 0.6 is 11.6 Å². The van der Waals surface area contributed by atoms with E-state index in [1.807, 2.05) is 30.3 Å². The molecular formula is C24H27ClN4O3S. The van der Waals surface area contributed by atoms with Gasteiger partial charge in [-0.25, -0.2) is 13.1 Å². The third-order valence-electron chi connectivity index (χ3n) is 5.84. The van der Waals surface area contributed by atoms with Crippen molar-refractivity contribution in [2.24, 2.45) is 0 Å². The fraction of sp³-hybridized carbons (Fsp3) is 0.292. The zero-order chi connectivity index (χ0) is 23.3. The Bertz CT molecular complexity index is 1150. The highest BCUT2D eigenvalue weighted by Crippen LogP contribution is 2.30. The molecule has 0 bridgehead atoms. The molecule has 1 N–H and O–H groups in total. The number of rotatable bonds is 8. The first-order chi connectivity index (χ1) is 16.0. The average molecular weight is 487 g/mol. The quantitative estimate of drug-likeness (QED) is 0.524. The van der Waals surface area contributed by atoms with E-state index in [4.69, 9.17) is 16.3 Å². The number of piperazine rings is 1. The predicted molar refractivity (Wildman–Crippen MR) is 130 cm³/mol. The topological polar surface area (TPSA) is 74.8 Å². The second-order valence-electron chi connectivity index (χ2n) is 7.80. The molecule has 1 aliphatic rings. The largest absolute Gasteiger partial charge is 0.495 e. The van der Waals surface area contributed by atoms with Crippen LogP contribution in [0.1, 0.15) is 11.6 Å². The lowest BCUT2D eigenvalue weighted by Gasteiger charge is -2.40. The van der Waals surface area contributed by atoms with Crippen molar-refractivity contribution in [3.63, 3.8) is 0 Å². The summed E-state index contributed by atoms with van der Waals surface area (Å²) in [6, 6.07) is 17.9. The van der Waals surface area contributed by atoms with Gasteiger partial charge in [0, 0.05) is 50.1 Å². The van der Waals surface area contributed by atoms with Crippen molar-refractivity contribution < 1.29 is 13.2 Å². The van der Waals surface area contributed by atoms with E-state index < -0.39 is 10.0 Å². The maximum Gasteiger partial charge on any atom is 0.240 e. The van der Waals surface area contributed by atoms with Gasteiger partial charge in [-0.3, -0.25) is 9.88 Å². The maximum absolute atomic E-state index is 12.9. The van der Waals surface area contributed by atoms with Crippen molar-refractivity contribution in [2.45, 2.75) is 10.9 Å². The van der Waals surface area contributed by atoms with Gasteiger partial charge in [0.2, 0.25) is 10.0 Å². The molecule has 0 aliphatic carbocycles. The number of nitrogens with one attached hydrogen (secondary N) is 1. The highest BCUT2D eigenvalue weighted by molar-refractivity contribution is 7.89. The van der Waals surface area contributed by atoms with Crippen molar-refractivity contribution in [2.75, 3.05) is 44.7 Å². The number of hydrogen-bond acceptors (Lipinski definition) is 6. The number of sulfonamides is 1. The molecule has 1 fully saturated rings.